The van der Waals surface area contributed by atoms with Gasteiger partial charge in [-0.2, -0.15) is 8.42 Å². The molecule has 248 valence electrons. The fourth-order valence-corrected chi connectivity index (χ4v) is 7.45. The van der Waals surface area contributed by atoms with Crippen LogP contribution < -0.4 is 15.2 Å². The van der Waals surface area contributed by atoms with Gasteiger partial charge in [0.25, 0.3) is 0 Å². The van der Waals surface area contributed by atoms with Crippen LogP contribution in [0.5, 0.6) is 5.75 Å². The maximum absolute atomic E-state index is 11.3. The van der Waals surface area contributed by atoms with Crippen molar-refractivity contribution in [1.82, 2.24) is 20.0 Å². The second-order valence-electron chi connectivity index (χ2n) is 12.5. The first-order valence-electron chi connectivity index (χ1n) is 16.0. The van der Waals surface area contributed by atoms with E-state index in [1.54, 1.807) is 29.2 Å². The standard InChI is InChI=1S/C20H26BrN3.C14H19N3O4S/c1-14-3-6-18-15(11-14)4-5-16-12-17(21)13-22-19(16)20(18)24-9-7-23(2)8-10-24;15-22(19,20)16-14(21-13-4-2-1-3-5-13)17-9-6-12(7-10-17)8-11-18/h3,6,11-13,19-20,22H,4-5,7-10H2,1-2H3;1-5,11-12H,6-10H2,(H2,15,19,20)/b;16-14-. The van der Waals surface area contributed by atoms with Crippen LogP contribution in [0.15, 0.2) is 75.3 Å². The number of allylic oxidation sites excluding steroid dienone is 2. The lowest BCUT2D eigenvalue weighted by Gasteiger charge is -2.42. The summed E-state index contributed by atoms with van der Waals surface area (Å²) >= 11 is 3.65. The molecule has 6 rings (SSSR count). The molecule has 3 aliphatic heterocycles. The Balaban J connectivity index is 0.000000182. The molecule has 2 unspecified atom stereocenters. The van der Waals surface area contributed by atoms with Crippen molar-refractivity contribution in [2.75, 3.05) is 46.3 Å². The maximum Gasteiger partial charge on any atom is 0.321 e. The van der Waals surface area contributed by atoms with Gasteiger partial charge in [-0.3, -0.25) is 4.90 Å². The second-order valence-corrected chi connectivity index (χ2v) is 14.6. The number of carbonyl (C=O) groups is 1. The third-order valence-electron chi connectivity index (χ3n) is 9.14. The van der Waals surface area contributed by atoms with Crippen molar-refractivity contribution in [3.05, 3.63) is 87.6 Å². The minimum absolute atomic E-state index is 0.0294. The molecule has 0 radical (unpaired) electrons. The number of amidine groups is 1. The molecule has 0 spiro atoms. The highest BCUT2D eigenvalue weighted by molar-refractivity contribution is 9.11. The van der Waals surface area contributed by atoms with Gasteiger partial charge >= 0.3 is 16.2 Å². The number of halogens is 1. The molecule has 0 amide bonds. The number of nitrogens with two attached hydrogens (primary N) is 1. The summed E-state index contributed by atoms with van der Waals surface area (Å²) in [6.07, 6.45) is 9.74. The Labute approximate surface area is 281 Å². The molecule has 2 aromatic rings. The zero-order valence-electron chi connectivity index (χ0n) is 26.6. The molecule has 2 aromatic carbocycles. The predicted molar refractivity (Wildman–Crippen MR) is 186 cm³/mol. The summed E-state index contributed by atoms with van der Waals surface area (Å²) < 4.78 is 32.8. The molecule has 2 fully saturated rings. The fraction of sp³-hybridized carbons (Fsp3) is 0.471. The highest BCUT2D eigenvalue weighted by Crippen LogP contribution is 2.39. The Kier molecular flexibility index (Phi) is 11.7. The van der Waals surface area contributed by atoms with Crippen molar-refractivity contribution in [3.8, 4) is 5.75 Å². The lowest BCUT2D eigenvalue weighted by atomic mass is 9.90. The summed E-state index contributed by atoms with van der Waals surface area (Å²) in [6, 6.07) is 16.6. The van der Waals surface area contributed by atoms with Gasteiger partial charge in [0.1, 0.15) is 12.0 Å². The Bertz CT molecular complexity index is 1550. The Morgan fingerprint density at radius 3 is 2.46 bits per heavy atom. The van der Waals surface area contributed by atoms with Crippen LogP contribution in [0.1, 0.15) is 48.4 Å². The zero-order valence-corrected chi connectivity index (χ0v) is 29.0. The molecule has 12 heteroatoms. The predicted octanol–water partition coefficient (Wildman–Crippen LogP) is 4.29. The van der Waals surface area contributed by atoms with Crippen molar-refractivity contribution in [1.29, 1.82) is 0 Å². The summed E-state index contributed by atoms with van der Waals surface area (Å²) in [5, 5.41) is 8.70. The van der Waals surface area contributed by atoms with Crippen LogP contribution in [0, 0.1) is 12.8 Å². The molecular weight excluding hydrogens is 668 g/mol. The number of aldehydes is 1. The van der Waals surface area contributed by atoms with E-state index in [2.05, 4.69) is 79.9 Å². The summed E-state index contributed by atoms with van der Waals surface area (Å²) in [7, 11) is -1.82. The summed E-state index contributed by atoms with van der Waals surface area (Å²) in [5.74, 6) is 0.807. The Hall–Kier alpha value is -3.03. The van der Waals surface area contributed by atoms with Crippen molar-refractivity contribution in [2.24, 2.45) is 15.5 Å². The number of rotatable bonds is 5. The number of dihydropyridines is 1. The van der Waals surface area contributed by atoms with Gasteiger partial charge in [-0.1, -0.05) is 46.4 Å². The number of likely N-dealkylation sites (N-methyl/N-ethyl adjacent to an activating group) is 1. The molecule has 2 saturated heterocycles. The minimum atomic E-state index is -4.05. The maximum atomic E-state index is 11.3. The molecule has 1 aliphatic carbocycles. The number of likely N-dealkylation sites (tertiary alicyclic amines) is 1. The number of nitrogens with one attached hydrogen (secondary N) is 1. The van der Waals surface area contributed by atoms with Crippen LogP contribution in [-0.4, -0.2) is 87.8 Å². The summed E-state index contributed by atoms with van der Waals surface area (Å²) in [4.78, 5) is 17.4. The van der Waals surface area contributed by atoms with Gasteiger partial charge in [0, 0.05) is 56.4 Å². The topological polar surface area (TPSA) is 121 Å². The van der Waals surface area contributed by atoms with E-state index < -0.39 is 10.2 Å². The number of carbonyl (C=O) groups excluding carboxylic acids is 1. The third kappa shape index (κ3) is 9.28. The van der Waals surface area contributed by atoms with Crippen LogP contribution in [0.3, 0.4) is 0 Å². The van der Waals surface area contributed by atoms with E-state index in [0.717, 1.165) is 62.6 Å². The van der Waals surface area contributed by atoms with Crippen LogP contribution >= 0.6 is 15.9 Å². The SMILES string of the molecule is Cc1ccc2c(c1)CCC1=CC(Br)=CNC1C2N1CCN(C)CC1.NS(=O)(=O)/N=C(\Oc1ccccc1)N1CCC(CC=O)CC1. The number of hydrogen-bond donors (Lipinski definition) is 2. The van der Waals surface area contributed by atoms with E-state index >= 15 is 0 Å². The Morgan fingerprint density at radius 1 is 1.07 bits per heavy atom. The van der Waals surface area contributed by atoms with Gasteiger partial charge in [-0.05, 0) is 96.4 Å². The van der Waals surface area contributed by atoms with Gasteiger partial charge in [-0.15, -0.1) is 0 Å². The van der Waals surface area contributed by atoms with Crippen molar-refractivity contribution < 1.29 is 17.9 Å². The van der Waals surface area contributed by atoms with E-state index in [1.807, 2.05) is 6.07 Å². The minimum Gasteiger partial charge on any atom is -0.425 e. The number of piperazine rings is 1. The first kappa shape index (κ1) is 34.3. The molecule has 46 heavy (non-hydrogen) atoms. The van der Waals surface area contributed by atoms with Crippen LogP contribution in [0.2, 0.25) is 0 Å². The molecule has 3 N–H and O–H groups in total. The molecule has 2 atom stereocenters. The number of ether oxygens (including phenoxy) is 1. The molecule has 0 aromatic heterocycles. The molecule has 0 bridgehead atoms. The van der Waals surface area contributed by atoms with E-state index in [1.165, 1.54) is 22.3 Å². The van der Waals surface area contributed by atoms with Crippen LogP contribution in [0.4, 0.5) is 0 Å². The number of para-hydroxylation sites is 1. The first-order valence-corrected chi connectivity index (χ1v) is 18.3. The monoisotopic (exact) mass is 712 g/mol. The first-order chi connectivity index (χ1) is 22.1. The Morgan fingerprint density at radius 2 is 1.78 bits per heavy atom. The van der Waals surface area contributed by atoms with Crippen molar-refractivity contribution in [3.63, 3.8) is 0 Å². The molecular formula is C34H45BrN6O4S. The van der Waals surface area contributed by atoms with Gasteiger partial charge in [0.2, 0.25) is 0 Å². The number of aryl methyl sites for hydroxylation is 2. The zero-order chi connectivity index (χ0) is 32.7. The highest BCUT2D eigenvalue weighted by Gasteiger charge is 2.36. The fourth-order valence-electron chi connectivity index (χ4n) is 6.65. The van der Waals surface area contributed by atoms with Crippen molar-refractivity contribution in [2.45, 2.75) is 51.1 Å². The van der Waals surface area contributed by atoms with Crippen LogP contribution in [0.25, 0.3) is 0 Å². The molecule has 4 aliphatic rings. The van der Waals surface area contributed by atoms with E-state index in [4.69, 9.17) is 9.88 Å². The number of piperidine rings is 1. The average Bonchev–Trinajstić information content (AvgIpc) is 3.18. The highest BCUT2D eigenvalue weighted by atomic mass is 79.9. The van der Waals surface area contributed by atoms with Gasteiger partial charge in [-0.25, -0.2) is 5.14 Å². The quantitative estimate of drug-likeness (QED) is 0.268. The smallest absolute Gasteiger partial charge is 0.321 e. The van der Waals surface area contributed by atoms with E-state index in [-0.39, 0.29) is 6.02 Å². The molecule has 3 heterocycles. The largest absolute Gasteiger partial charge is 0.425 e. The number of nitrogens with zero attached hydrogens (tertiary/aromatic N) is 4. The lowest BCUT2D eigenvalue weighted by molar-refractivity contribution is -0.108. The van der Waals surface area contributed by atoms with Crippen molar-refractivity contribution >= 4 is 38.4 Å². The van der Waals surface area contributed by atoms with Crippen LogP contribution in [-0.2, 0) is 21.4 Å². The summed E-state index contributed by atoms with van der Waals surface area (Å²) in [6.45, 7) is 7.94. The lowest BCUT2D eigenvalue weighted by Crippen LogP contribution is -2.51. The number of hydrogen-bond acceptors (Lipinski definition) is 7. The normalized spacial score (nSPS) is 23.0. The number of fused-ring (bicyclic) bond motifs is 2. The van der Waals surface area contributed by atoms with E-state index in [9.17, 15) is 13.2 Å². The second kappa shape index (κ2) is 15.7. The van der Waals surface area contributed by atoms with Gasteiger partial charge < -0.3 is 24.6 Å². The molecule has 0 saturated carbocycles. The number of benzene rings is 2. The third-order valence-corrected chi connectivity index (χ3v) is 10.0. The average molecular weight is 714 g/mol. The van der Waals surface area contributed by atoms with Gasteiger partial charge in [0.15, 0.2) is 0 Å². The summed E-state index contributed by atoms with van der Waals surface area (Å²) in [5.41, 5.74) is 5.96. The van der Waals surface area contributed by atoms with Gasteiger partial charge in [0.05, 0.1) is 12.1 Å². The van der Waals surface area contributed by atoms with E-state index in [0.29, 0.717) is 43.3 Å². The molecule has 10 nitrogen and oxygen atoms in total.